The molecule has 1 aliphatic carbocycles. The Balaban J connectivity index is 2.42. The summed E-state index contributed by atoms with van der Waals surface area (Å²) in [6.07, 6.45) is 1.77. The minimum atomic E-state index is -2.62. The molecule has 0 aromatic carbocycles. The van der Waals surface area contributed by atoms with Crippen LogP contribution in [-0.4, -0.2) is 40.8 Å². The van der Waals surface area contributed by atoms with Gasteiger partial charge >= 0.3 is 0 Å². The normalized spacial score (nSPS) is 24.5. The number of carbonyl (C=O) groups is 2. The predicted octanol–water partition coefficient (Wildman–Crippen LogP) is 2.47. The molecule has 1 saturated heterocycles. The Labute approximate surface area is 124 Å². The summed E-state index contributed by atoms with van der Waals surface area (Å²) in [6, 6.07) is 0. The van der Waals surface area contributed by atoms with Gasteiger partial charge in [0.25, 0.3) is 6.43 Å². The number of halogens is 2. The first kappa shape index (κ1) is 16.2. The molecule has 2 fully saturated rings. The smallest absolute Gasteiger partial charge is 0.255 e. The van der Waals surface area contributed by atoms with Crippen molar-refractivity contribution in [2.24, 2.45) is 0 Å². The molecular weight excluding hydrogens is 278 g/mol. The van der Waals surface area contributed by atoms with Crippen LogP contribution >= 0.6 is 0 Å². The van der Waals surface area contributed by atoms with Crippen LogP contribution in [0.25, 0.3) is 0 Å². The molecule has 0 radical (unpaired) electrons. The average molecular weight is 302 g/mol. The van der Waals surface area contributed by atoms with Gasteiger partial charge in [0, 0.05) is 0 Å². The molecule has 2 rings (SSSR count). The highest BCUT2D eigenvalue weighted by Crippen LogP contribution is 2.40. The number of piperazine rings is 1. The van der Waals surface area contributed by atoms with Gasteiger partial charge in [0.2, 0.25) is 11.8 Å². The molecule has 0 unspecified atom stereocenters. The van der Waals surface area contributed by atoms with Gasteiger partial charge in [-0.3, -0.25) is 9.59 Å². The number of hydrogen-bond acceptors (Lipinski definition) is 2. The molecule has 0 bridgehead atoms. The van der Waals surface area contributed by atoms with Crippen molar-refractivity contribution in [2.75, 3.05) is 6.54 Å². The van der Waals surface area contributed by atoms with Gasteiger partial charge in [0.1, 0.15) is 11.1 Å². The quantitative estimate of drug-likeness (QED) is 0.867. The van der Waals surface area contributed by atoms with Gasteiger partial charge in [-0.25, -0.2) is 8.78 Å². The Bertz CT molecular complexity index is 416. The largest absolute Gasteiger partial charge is 0.340 e. The van der Waals surface area contributed by atoms with Crippen LogP contribution < -0.4 is 5.32 Å². The van der Waals surface area contributed by atoms with Crippen molar-refractivity contribution < 1.29 is 18.4 Å². The molecule has 1 aliphatic heterocycles. The van der Waals surface area contributed by atoms with Crippen molar-refractivity contribution in [3.63, 3.8) is 0 Å². The highest BCUT2D eigenvalue weighted by Gasteiger charge is 2.57. The summed E-state index contributed by atoms with van der Waals surface area (Å²) < 4.78 is 26.0. The van der Waals surface area contributed by atoms with E-state index in [1.54, 1.807) is 13.8 Å². The third kappa shape index (κ3) is 2.53. The van der Waals surface area contributed by atoms with E-state index in [1.165, 1.54) is 4.90 Å². The lowest BCUT2D eigenvalue weighted by molar-refractivity contribution is -0.169. The number of amides is 2. The van der Waals surface area contributed by atoms with E-state index in [9.17, 15) is 18.4 Å². The van der Waals surface area contributed by atoms with Gasteiger partial charge in [0.05, 0.1) is 6.54 Å². The monoisotopic (exact) mass is 302 g/mol. The lowest BCUT2D eigenvalue weighted by atomic mass is 9.74. The lowest BCUT2D eigenvalue weighted by Crippen LogP contribution is -2.76. The number of nitrogens with zero attached hydrogens (tertiary/aromatic N) is 1. The topological polar surface area (TPSA) is 49.4 Å². The Kier molecular flexibility index (Phi) is 4.54. The number of carbonyl (C=O) groups excluding carboxylic acids is 2. The fraction of sp³-hybridized carbons (Fsp3) is 0.867. The Morgan fingerprint density at radius 2 is 1.71 bits per heavy atom. The molecule has 6 heteroatoms. The van der Waals surface area contributed by atoms with E-state index < -0.39 is 24.0 Å². The van der Waals surface area contributed by atoms with E-state index in [1.807, 2.05) is 0 Å². The van der Waals surface area contributed by atoms with Crippen LogP contribution in [0.2, 0.25) is 0 Å². The van der Waals surface area contributed by atoms with Gasteiger partial charge in [-0.15, -0.1) is 0 Å². The summed E-state index contributed by atoms with van der Waals surface area (Å²) in [6.45, 7) is 2.97. The predicted molar refractivity (Wildman–Crippen MR) is 75.0 cm³/mol. The first-order valence-electron chi connectivity index (χ1n) is 7.84. The molecule has 0 aromatic rings. The standard InChI is InChI=1S/C15H24F2N2O2/c1-3-14(4-2)13(21)19(10-11(16)17)15(12(20)18-14)8-6-5-7-9-15/h11H,3-10H2,1-2H3,(H,18,20). The van der Waals surface area contributed by atoms with Gasteiger partial charge in [-0.1, -0.05) is 33.1 Å². The molecule has 120 valence electrons. The summed E-state index contributed by atoms with van der Waals surface area (Å²) in [5, 5.41) is 2.87. The van der Waals surface area contributed by atoms with E-state index in [0.717, 1.165) is 19.3 Å². The van der Waals surface area contributed by atoms with Gasteiger partial charge in [-0.05, 0) is 25.7 Å². The van der Waals surface area contributed by atoms with Crippen LogP contribution in [0.15, 0.2) is 0 Å². The van der Waals surface area contributed by atoms with Crippen molar-refractivity contribution in [3.8, 4) is 0 Å². The number of rotatable bonds is 4. The first-order valence-corrected chi connectivity index (χ1v) is 7.84. The number of nitrogens with one attached hydrogen (secondary N) is 1. The fourth-order valence-electron chi connectivity index (χ4n) is 3.72. The van der Waals surface area contributed by atoms with Crippen LogP contribution in [0.4, 0.5) is 8.78 Å². The van der Waals surface area contributed by atoms with Gasteiger partial charge in [-0.2, -0.15) is 0 Å². The summed E-state index contributed by atoms with van der Waals surface area (Å²) >= 11 is 0. The second-order valence-electron chi connectivity index (χ2n) is 6.14. The molecule has 1 N–H and O–H groups in total. The first-order chi connectivity index (χ1) is 9.92. The third-order valence-corrected chi connectivity index (χ3v) is 5.16. The van der Waals surface area contributed by atoms with Crippen LogP contribution in [0, 0.1) is 0 Å². The Hall–Kier alpha value is -1.20. The van der Waals surface area contributed by atoms with Gasteiger partial charge < -0.3 is 10.2 Å². The molecular formula is C15H24F2N2O2. The fourth-order valence-corrected chi connectivity index (χ4v) is 3.72. The van der Waals surface area contributed by atoms with Crippen LogP contribution in [0.3, 0.4) is 0 Å². The van der Waals surface area contributed by atoms with Gasteiger partial charge in [0.15, 0.2) is 0 Å². The summed E-state index contributed by atoms with van der Waals surface area (Å²) in [7, 11) is 0. The minimum Gasteiger partial charge on any atom is -0.340 e. The second kappa shape index (κ2) is 5.89. The molecule has 0 aromatic heterocycles. The van der Waals surface area contributed by atoms with Crippen molar-refractivity contribution in [1.29, 1.82) is 0 Å². The lowest BCUT2D eigenvalue weighted by Gasteiger charge is -2.53. The van der Waals surface area contributed by atoms with E-state index in [0.29, 0.717) is 25.7 Å². The zero-order valence-corrected chi connectivity index (χ0v) is 12.8. The van der Waals surface area contributed by atoms with Crippen molar-refractivity contribution >= 4 is 11.8 Å². The summed E-state index contributed by atoms with van der Waals surface area (Å²) in [5.41, 5.74) is -2.08. The van der Waals surface area contributed by atoms with Crippen LogP contribution in [-0.2, 0) is 9.59 Å². The third-order valence-electron chi connectivity index (χ3n) is 5.16. The van der Waals surface area contributed by atoms with Crippen LogP contribution in [0.5, 0.6) is 0 Å². The Morgan fingerprint density at radius 1 is 1.14 bits per heavy atom. The molecule has 2 amide bonds. The maximum Gasteiger partial charge on any atom is 0.255 e. The molecule has 1 saturated carbocycles. The molecule has 1 spiro atoms. The minimum absolute atomic E-state index is 0.244. The highest BCUT2D eigenvalue weighted by atomic mass is 19.3. The zero-order valence-electron chi connectivity index (χ0n) is 12.8. The van der Waals surface area contributed by atoms with Crippen LogP contribution in [0.1, 0.15) is 58.8 Å². The maximum atomic E-state index is 13.0. The van der Waals surface area contributed by atoms with Crippen molar-refractivity contribution in [3.05, 3.63) is 0 Å². The summed E-state index contributed by atoms with van der Waals surface area (Å²) in [4.78, 5) is 26.7. The van der Waals surface area contributed by atoms with E-state index in [-0.39, 0.29) is 11.8 Å². The zero-order chi connectivity index (χ0) is 15.7. The van der Waals surface area contributed by atoms with E-state index >= 15 is 0 Å². The van der Waals surface area contributed by atoms with Crippen molar-refractivity contribution in [1.82, 2.24) is 10.2 Å². The SMILES string of the molecule is CCC1(CC)NC(=O)C2(CCCCC2)N(CC(F)F)C1=O. The van der Waals surface area contributed by atoms with E-state index in [4.69, 9.17) is 0 Å². The highest BCUT2D eigenvalue weighted by molar-refractivity contribution is 6.02. The summed E-state index contributed by atoms with van der Waals surface area (Å²) in [5.74, 6) is -0.583. The molecule has 21 heavy (non-hydrogen) atoms. The van der Waals surface area contributed by atoms with E-state index in [2.05, 4.69) is 5.32 Å². The Morgan fingerprint density at radius 3 is 2.19 bits per heavy atom. The molecule has 1 heterocycles. The maximum absolute atomic E-state index is 13.0. The average Bonchev–Trinajstić information content (AvgIpc) is 2.49. The second-order valence-corrected chi connectivity index (χ2v) is 6.14. The number of hydrogen-bond donors (Lipinski definition) is 1. The molecule has 0 atom stereocenters. The molecule has 4 nitrogen and oxygen atoms in total. The number of alkyl halides is 2. The molecule has 2 aliphatic rings. The van der Waals surface area contributed by atoms with Crippen molar-refractivity contribution in [2.45, 2.75) is 76.3 Å².